The zero-order chi connectivity index (χ0) is 14.8. The number of halogens is 1. The van der Waals surface area contributed by atoms with E-state index >= 15 is 0 Å². The molecule has 1 heterocycles. The molecule has 0 aliphatic carbocycles. The molecule has 1 aliphatic heterocycles. The average molecular weight is 302 g/mol. The third kappa shape index (κ3) is 2.81. The van der Waals surface area contributed by atoms with E-state index in [1.807, 2.05) is 24.3 Å². The van der Waals surface area contributed by atoms with E-state index in [-0.39, 0.29) is 6.03 Å². The van der Waals surface area contributed by atoms with Gasteiger partial charge in [0.2, 0.25) is 0 Å². The molecule has 1 aliphatic rings. The second-order valence-corrected chi connectivity index (χ2v) is 5.48. The molecule has 0 saturated heterocycles. The smallest absolute Gasteiger partial charge is 0.326 e. The number of hydrogen-bond acceptors (Lipinski definition) is 2. The molecule has 0 aromatic heterocycles. The normalized spacial score (nSPS) is 13.7. The lowest BCUT2D eigenvalue weighted by atomic mass is 10.0. The van der Waals surface area contributed by atoms with E-state index in [0.717, 1.165) is 29.8 Å². The molecule has 2 amide bonds. The van der Waals surface area contributed by atoms with E-state index < -0.39 is 0 Å². The number of nitrogens with one attached hydrogen (secondary N) is 1. The molecule has 3 N–H and O–H groups in total. The zero-order valence-corrected chi connectivity index (χ0v) is 12.2. The Morgan fingerprint density at radius 2 is 2.05 bits per heavy atom. The van der Waals surface area contributed by atoms with Crippen LogP contribution in [0.3, 0.4) is 0 Å². The van der Waals surface area contributed by atoms with Crippen LogP contribution in [0.15, 0.2) is 42.5 Å². The minimum absolute atomic E-state index is 0.163. The first-order chi connectivity index (χ1) is 10.1. The van der Waals surface area contributed by atoms with E-state index in [1.165, 1.54) is 0 Å². The van der Waals surface area contributed by atoms with Gasteiger partial charge >= 0.3 is 6.03 Å². The number of nitrogens with zero attached hydrogens (tertiary/aromatic N) is 1. The van der Waals surface area contributed by atoms with E-state index in [0.29, 0.717) is 17.3 Å². The standard InChI is InChI=1S/C16H16ClN3O/c17-11-4-1-5-12(10-11)19-16(21)20-9-3-6-13-14(18)7-2-8-15(13)20/h1-2,4-5,7-8,10H,3,6,9,18H2,(H,19,21). The van der Waals surface area contributed by atoms with Crippen molar-refractivity contribution in [1.82, 2.24) is 0 Å². The summed E-state index contributed by atoms with van der Waals surface area (Å²) >= 11 is 5.93. The molecule has 108 valence electrons. The Labute approximate surface area is 128 Å². The highest BCUT2D eigenvalue weighted by atomic mass is 35.5. The molecule has 5 heteroatoms. The number of benzene rings is 2. The van der Waals surface area contributed by atoms with E-state index in [4.69, 9.17) is 17.3 Å². The Morgan fingerprint density at radius 3 is 2.86 bits per heavy atom. The number of nitrogen functional groups attached to an aromatic ring is 1. The van der Waals surface area contributed by atoms with Crippen LogP contribution in [0.1, 0.15) is 12.0 Å². The predicted molar refractivity (Wildman–Crippen MR) is 87.0 cm³/mol. The van der Waals surface area contributed by atoms with Gasteiger partial charge in [-0.15, -0.1) is 0 Å². The van der Waals surface area contributed by atoms with Gasteiger partial charge in [-0.05, 0) is 48.7 Å². The van der Waals surface area contributed by atoms with Crippen LogP contribution < -0.4 is 16.0 Å². The molecule has 2 aromatic rings. The van der Waals surface area contributed by atoms with Gasteiger partial charge < -0.3 is 11.1 Å². The Morgan fingerprint density at radius 1 is 1.24 bits per heavy atom. The first-order valence-electron chi connectivity index (χ1n) is 6.86. The van der Waals surface area contributed by atoms with Crippen LogP contribution in [-0.2, 0) is 6.42 Å². The van der Waals surface area contributed by atoms with Gasteiger partial charge in [0.25, 0.3) is 0 Å². The summed E-state index contributed by atoms with van der Waals surface area (Å²) in [5, 5.41) is 3.47. The fourth-order valence-electron chi connectivity index (χ4n) is 2.62. The number of amides is 2. The molecule has 0 unspecified atom stereocenters. The van der Waals surface area contributed by atoms with Gasteiger partial charge in [0.05, 0.1) is 5.69 Å². The lowest BCUT2D eigenvalue weighted by Crippen LogP contribution is -2.38. The van der Waals surface area contributed by atoms with E-state index in [2.05, 4.69) is 5.32 Å². The minimum Gasteiger partial charge on any atom is -0.398 e. The monoisotopic (exact) mass is 301 g/mol. The fraction of sp³-hybridized carbons (Fsp3) is 0.188. The average Bonchev–Trinajstić information content (AvgIpc) is 2.47. The van der Waals surface area contributed by atoms with Gasteiger partial charge in [-0.1, -0.05) is 23.7 Å². The summed E-state index contributed by atoms with van der Waals surface area (Å²) in [7, 11) is 0. The van der Waals surface area contributed by atoms with Crippen LogP contribution in [0.5, 0.6) is 0 Å². The van der Waals surface area contributed by atoms with Crippen molar-refractivity contribution < 1.29 is 4.79 Å². The molecule has 4 nitrogen and oxygen atoms in total. The van der Waals surface area contributed by atoms with Crippen LogP contribution in [-0.4, -0.2) is 12.6 Å². The van der Waals surface area contributed by atoms with Crippen molar-refractivity contribution in [2.75, 3.05) is 22.5 Å². The number of hydrogen-bond donors (Lipinski definition) is 2. The van der Waals surface area contributed by atoms with Gasteiger partial charge in [0, 0.05) is 22.9 Å². The predicted octanol–water partition coefficient (Wildman–Crippen LogP) is 3.91. The molecule has 0 bridgehead atoms. The van der Waals surface area contributed by atoms with Crippen molar-refractivity contribution in [3.63, 3.8) is 0 Å². The molecule has 0 radical (unpaired) electrons. The van der Waals surface area contributed by atoms with Crippen LogP contribution in [0.2, 0.25) is 5.02 Å². The van der Waals surface area contributed by atoms with Crippen LogP contribution >= 0.6 is 11.6 Å². The Kier molecular flexibility index (Phi) is 3.71. The molecule has 0 fully saturated rings. The van der Waals surface area contributed by atoms with Crippen molar-refractivity contribution in [2.24, 2.45) is 0 Å². The number of carbonyl (C=O) groups is 1. The van der Waals surface area contributed by atoms with Crippen LogP contribution in [0.25, 0.3) is 0 Å². The number of carbonyl (C=O) groups excluding carboxylic acids is 1. The number of urea groups is 1. The second kappa shape index (κ2) is 5.66. The summed E-state index contributed by atoms with van der Waals surface area (Å²) < 4.78 is 0. The lowest BCUT2D eigenvalue weighted by Gasteiger charge is -2.30. The first kappa shape index (κ1) is 13.8. The Hall–Kier alpha value is -2.20. The maximum absolute atomic E-state index is 12.5. The number of fused-ring (bicyclic) bond motifs is 1. The first-order valence-corrected chi connectivity index (χ1v) is 7.24. The summed E-state index contributed by atoms with van der Waals surface area (Å²) in [5.41, 5.74) is 9.36. The molecule has 2 aromatic carbocycles. The number of anilines is 3. The molecular weight excluding hydrogens is 286 g/mol. The van der Waals surface area contributed by atoms with Crippen molar-refractivity contribution in [2.45, 2.75) is 12.8 Å². The highest BCUT2D eigenvalue weighted by molar-refractivity contribution is 6.30. The number of nitrogens with two attached hydrogens (primary N) is 1. The maximum atomic E-state index is 12.5. The van der Waals surface area contributed by atoms with Crippen molar-refractivity contribution in [3.8, 4) is 0 Å². The van der Waals surface area contributed by atoms with Gasteiger partial charge in [-0.2, -0.15) is 0 Å². The van der Waals surface area contributed by atoms with Crippen molar-refractivity contribution >= 4 is 34.7 Å². The third-order valence-electron chi connectivity index (χ3n) is 3.61. The third-order valence-corrected chi connectivity index (χ3v) is 3.84. The molecular formula is C16H16ClN3O. The summed E-state index contributed by atoms with van der Waals surface area (Å²) in [6, 6.07) is 12.6. The second-order valence-electron chi connectivity index (χ2n) is 5.04. The lowest BCUT2D eigenvalue weighted by molar-refractivity contribution is 0.256. The highest BCUT2D eigenvalue weighted by Gasteiger charge is 2.23. The van der Waals surface area contributed by atoms with Crippen LogP contribution in [0.4, 0.5) is 21.9 Å². The molecule has 0 saturated carbocycles. The molecule has 3 rings (SSSR count). The van der Waals surface area contributed by atoms with Gasteiger partial charge in [-0.25, -0.2) is 4.79 Å². The SMILES string of the molecule is Nc1cccc2c1CCCN2C(=O)Nc1cccc(Cl)c1. The fourth-order valence-corrected chi connectivity index (χ4v) is 2.81. The van der Waals surface area contributed by atoms with Gasteiger partial charge in [-0.3, -0.25) is 4.90 Å². The van der Waals surface area contributed by atoms with Crippen molar-refractivity contribution in [1.29, 1.82) is 0 Å². The Bertz CT molecular complexity index is 687. The topological polar surface area (TPSA) is 58.4 Å². The quantitative estimate of drug-likeness (QED) is 0.785. The summed E-state index contributed by atoms with van der Waals surface area (Å²) in [6.45, 7) is 0.683. The summed E-state index contributed by atoms with van der Waals surface area (Å²) in [6.07, 6.45) is 1.81. The molecule has 21 heavy (non-hydrogen) atoms. The maximum Gasteiger partial charge on any atom is 0.326 e. The largest absolute Gasteiger partial charge is 0.398 e. The minimum atomic E-state index is -0.163. The van der Waals surface area contributed by atoms with E-state index in [9.17, 15) is 4.79 Å². The van der Waals surface area contributed by atoms with Gasteiger partial charge in [0.1, 0.15) is 0 Å². The molecule has 0 spiro atoms. The number of rotatable bonds is 1. The Balaban J connectivity index is 1.85. The summed E-state index contributed by atoms with van der Waals surface area (Å²) in [4.78, 5) is 14.2. The zero-order valence-electron chi connectivity index (χ0n) is 11.5. The van der Waals surface area contributed by atoms with Gasteiger partial charge in [0.15, 0.2) is 0 Å². The van der Waals surface area contributed by atoms with E-state index in [1.54, 1.807) is 23.1 Å². The molecule has 0 atom stereocenters. The highest BCUT2D eigenvalue weighted by Crippen LogP contribution is 2.31. The van der Waals surface area contributed by atoms with Crippen LogP contribution in [0, 0.1) is 0 Å². The van der Waals surface area contributed by atoms with Crippen molar-refractivity contribution in [3.05, 3.63) is 53.1 Å². The summed E-state index contributed by atoms with van der Waals surface area (Å²) in [5.74, 6) is 0.